The van der Waals surface area contributed by atoms with E-state index in [0.29, 0.717) is 18.2 Å². The Balaban J connectivity index is 1.50. The maximum absolute atomic E-state index is 6.09. The molecule has 0 radical (unpaired) electrons. The van der Waals surface area contributed by atoms with Gasteiger partial charge in [-0.1, -0.05) is 73.3 Å². The highest BCUT2D eigenvalue weighted by molar-refractivity contribution is 6.30. The number of aliphatic imine (C=N–C) groups is 1. The van der Waals surface area contributed by atoms with Crippen LogP contribution >= 0.6 is 11.6 Å². The topological polar surface area (TPSA) is 15.4 Å². The van der Waals surface area contributed by atoms with Crippen LogP contribution < -0.4 is 0 Å². The molecule has 3 heteroatoms. The largest absolute Gasteiger partial charge is 0.268 e. The minimum atomic E-state index is 0.362. The molecule has 128 valence electrons. The van der Waals surface area contributed by atoms with Gasteiger partial charge in [-0.25, -0.2) is 0 Å². The fourth-order valence-electron chi connectivity index (χ4n) is 4.80. The van der Waals surface area contributed by atoms with E-state index in [4.69, 9.17) is 16.6 Å². The molecule has 2 aliphatic heterocycles. The van der Waals surface area contributed by atoms with E-state index in [-0.39, 0.29) is 0 Å². The Labute approximate surface area is 154 Å². The van der Waals surface area contributed by atoms with Crippen LogP contribution in [0.1, 0.15) is 49.3 Å². The number of nitrogens with zero attached hydrogens (tertiary/aromatic N) is 2. The van der Waals surface area contributed by atoms with Gasteiger partial charge in [0.25, 0.3) is 0 Å². The van der Waals surface area contributed by atoms with Crippen molar-refractivity contribution >= 4 is 17.3 Å². The van der Waals surface area contributed by atoms with Crippen molar-refractivity contribution in [3.63, 3.8) is 0 Å². The van der Waals surface area contributed by atoms with Crippen LogP contribution in [0, 0.1) is 5.92 Å². The summed E-state index contributed by atoms with van der Waals surface area (Å²) in [6.45, 7) is 0. The molecule has 4 atom stereocenters. The summed E-state index contributed by atoms with van der Waals surface area (Å²) in [5.41, 5.74) is 3.92. The second-order valence-electron chi connectivity index (χ2n) is 7.58. The van der Waals surface area contributed by atoms with Crippen LogP contribution in [0.25, 0.3) is 0 Å². The van der Waals surface area contributed by atoms with Gasteiger partial charge in [-0.3, -0.25) is 9.89 Å². The lowest BCUT2D eigenvalue weighted by molar-refractivity contribution is 0.219. The van der Waals surface area contributed by atoms with E-state index in [1.54, 1.807) is 0 Å². The molecule has 1 saturated carbocycles. The summed E-state index contributed by atoms with van der Waals surface area (Å²) in [5, 5.41) is 0.790. The first kappa shape index (κ1) is 15.6. The Bertz CT molecular complexity index is 777. The van der Waals surface area contributed by atoms with Crippen molar-refractivity contribution in [2.75, 3.05) is 0 Å². The second kappa shape index (κ2) is 6.26. The molecule has 0 aromatic heterocycles. The van der Waals surface area contributed by atoms with E-state index in [1.807, 2.05) is 12.1 Å². The fourth-order valence-corrected chi connectivity index (χ4v) is 4.93. The third kappa shape index (κ3) is 2.72. The molecule has 1 saturated heterocycles. The minimum absolute atomic E-state index is 0.362. The molecule has 2 heterocycles. The zero-order valence-corrected chi connectivity index (χ0v) is 15.1. The van der Waals surface area contributed by atoms with Gasteiger partial charge < -0.3 is 0 Å². The minimum Gasteiger partial charge on any atom is -0.268 e. The molecule has 0 N–H and O–H groups in total. The van der Waals surface area contributed by atoms with Gasteiger partial charge in [-0.15, -0.1) is 0 Å². The molecule has 3 aliphatic rings. The van der Waals surface area contributed by atoms with Crippen molar-refractivity contribution in [3.8, 4) is 0 Å². The van der Waals surface area contributed by atoms with Crippen LogP contribution in [0.2, 0.25) is 5.02 Å². The summed E-state index contributed by atoms with van der Waals surface area (Å²) in [7, 11) is 0. The average Bonchev–Trinajstić information content (AvgIpc) is 3.28. The van der Waals surface area contributed by atoms with Gasteiger partial charge in [0.15, 0.2) is 0 Å². The number of halogens is 1. The molecule has 0 bridgehead atoms. The SMILES string of the molecule is Clc1ccc(C2=N[C@H](C3CCCCC3)N3[C@H](c4ccccc4)[C@H]23)cc1. The molecule has 0 spiro atoms. The van der Waals surface area contributed by atoms with E-state index in [0.717, 1.165) is 10.9 Å². The van der Waals surface area contributed by atoms with E-state index >= 15 is 0 Å². The average molecular weight is 351 g/mol. The van der Waals surface area contributed by atoms with Gasteiger partial charge in [0.1, 0.15) is 6.17 Å². The smallest absolute Gasteiger partial charge is 0.106 e. The molecule has 1 unspecified atom stereocenters. The van der Waals surface area contributed by atoms with Crippen molar-refractivity contribution in [3.05, 3.63) is 70.7 Å². The van der Waals surface area contributed by atoms with Crippen LogP contribution in [-0.2, 0) is 0 Å². The van der Waals surface area contributed by atoms with Crippen LogP contribution in [0.15, 0.2) is 59.6 Å². The summed E-state index contributed by atoms with van der Waals surface area (Å²) >= 11 is 6.09. The highest BCUT2D eigenvalue weighted by atomic mass is 35.5. The van der Waals surface area contributed by atoms with Crippen molar-refractivity contribution in [1.82, 2.24) is 4.90 Å². The maximum Gasteiger partial charge on any atom is 0.106 e. The van der Waals surface area contributed by atoms with Crippen molar-refractivity contribution in [2.45, 2.75) is 50.4 Å². The first-order chi connectivity index (χ1) is 12.3. The van der Waals surface area contributed by atoms with Gasteiger partial charge in [-0.2, -0.15) is 0 Å². The third-order valence-electron chi connectivity index (χ3n) is 6.06. The van der Waals surface area contributed by atoms with Gasteiger partial charge in [-0.05, 0) is 42.0 Å². The van der Waals surface area contributed by atoms with Crippen LogP contribution in [0.3, 0.4) is 0 Å². The monoisotopic (exact) mass is 350 g/mol. The maximum atomic E-state index is 6.09. The molecular weight excluding hydrogens is 328 g/mol. The summed E-state index contributed by atoms with van der Waals surface area (Å²) in [5.74, 6) is 0.717. The van der Waals surface area contributed by atoms with Crippen molar-refractivity contribution in [2.24, 2.45) is 10.9 Å². The number of rotatable bonds is 3. The van der Waals surface area contributed by atoms with Crippen LogP contribution in [0.4, 0.5) is 0 Å². The summed E-state index contributed by atoms with van der Waals surface area (Å²) in [4.78, 5) is 7.87. The first-order valence-electron chi connectivity index (χ1n) is 9.49. The molecule has 2 aromatic carbocycles. The summed E-state index contributed by atoms with van der Waals surface area (Å²) in [6.07, 6.45) is 7.13. The lowest BCUT2D eigenvalue weighted by Crippen LogP contribution is -2.27. The molecule has 2 aromatic rings. The number of hydrogen-bond acceptors (Lipinski definition) is 2. The molecule has 2 nitrogen and oxygen atoms in total. The molecule has 25 heavy (non-hydrogen) atoms. The van der Waals surface area contributed by atoms with E-state index < -0.39 is 0 Å². The Morgan fingerprint density at radius 1 is 0.840 bits per heavy atom. The highest BCUT2D eigenvalue weighted by Gasteiger charge is 2.60. The number of hydrogen-bond donors (Lipinski definition) is 0. The Morgan fingerprint density at radius 3 is 2.28 bits per heavy atom. The standard InChI is InChI=1S/C22H23ClN2/c23-18-13-11-15(12-14-18)19-21-20(16-7-3-1-4-8-16)25(21)22(24-19)17-9-5-2-6-10-17/h1,3-4,7-8,11-14,17,20-22H,2,5-6,9-10H2/t20-,21+,22+,25?/m1/s1. The van der Waals surface area contributed by atoms with E-state index in [1.165, 1.54) is 48.9 Å². The normalized spacial score (nSPS) is 31.5. The fraction of sp³-hybridized carbons (Fsp3) is 0.409. The third-order valence-corrected chi connectivity index (χ3v) is 6.31. The van der Waals surface area contributed by atoms with Gasteiger partial charge in [0.2, 0.25) is 0 Å². The predicted molar refractivity (Wildman–Crippen MR) is 103 cm³/mol. The lowest BCUT2D eigenvalue weighted by Gasteiger charge is -2.28. The van der Waals surface area contributed by atoms with Crippen molar-refractivity contribution in [1.29, 1.82) is 0 Å². The second-order valence-corrected chi connectivity index (χ2v) is 8.02. The van der Waals surface area contributed by atoms with Crippen molar-refractivity contribution < 1.29 is 0 Å². The molecule has 0 amide bonds. The van der Waals surface area contributed by atoms with Gasteiger partial charge in [0, 0.05) is 5.02 Å². The molecule has 2 fully saturated rings. The Morgan fingerprint density at radius 2 is 1.56 bits per heavy atom. The van der Waals surface area contributed by atoms with Crippen LogP contribution in [0.5, 0.6) is 0 Å². The highest BCUT2D eigenvalue weighted by Crippen LogP contribution is 2.53. The number of fused-ring (bicyclic) bond motifs is 1. The first-order valence-corrected chi connectivity index (χ1v) is 9.87. The quantitative estimate of drug-likeness (QED) is 0.669. The Kier molecular flexibility index (Phi) is 3.91. The molecular formula is C22H23ClN2. The van der Waals surface area contributed by atoms with Gasteiger partial charge >= 0.3 is 0 Å². The summed E-state index contributed by atoms with van der Waals surface area (Å²) < 4.78 is 0. The molecule has 5 rings (SSSR count). The zero-order valence-electron chi connectivity index (χ0n) is 14.3. The van der Waals surface area contributed by atoms with E-state index in [2.05, 4.69) is 47.4 Å². The predicted octanol–water partition coefficient (Wildman–Crippen LogP) is 5.47. The van der Waals surface area contributed by atoms with Gasteiger partial charge in [0.05, 0.1) is 17.8 Å². The lowest BCUT2D eigenvalue weighted by atomic mass is 9.87. The van der Waals surface area contributed by atoms with Crippen LogP contribution in [-0.4, -0.2) is 22.8 Å². The van der Waals surface area contributed by atoms with E-state index in [9.17, 15) is 0 Å². The summed E-state index contributed by atoms with van der Waals surface area (Å²) in [6, 6.07) is 20.1. The zero-order chi connectivity index (χ0) is 16.8. The molecule has 1 aliphatic carbocycles. The Hall–Kier alpha value is -1.64. The number of benzene rings is 2.